The van der Waals surface area contributed by atoms with E-state index >= 15 is 0 Å². The van der Waals surface area contributed by atoms with Crippen molar-refractivity contribution in [1.29, 1.82) is 0 Å². The summed E-state index contributed by atoms with van der Waals surface area (Å²) in [6.07, 6.45) is 0. The van der Waals surface area contributed by atoms with Crippen LogP contribution in [-0.4, -0.2) is 0 Å². The second-order valence-electron chi connectivity index (χ2n) is 15.7. The van der Waals surface area contributed by atoms with Crippen LogP contribution in [0.4, 0.5) is 17.1 Å². The molecule has 0 spiro atoms. The van der Waals surface area contributed by atoms with Gasteiger partial charge in [-0.1, -0.05) is 179 Å². The van der Waals surface area contributed by atoms with Gasteiger partial charge in [0.1, 0.15) is 0 Å². The van der Waals surface area contributed by atoms with Crippen molar-refractivity contribution < 1.29 is 0 Å². The zero-order valence-corrected chi connectivity index (χ0v) is 30.7. The first-order valence-electron chi connectivity index (χ1n) is 18.8. The Bertz CT molecular complexity index is 2740. The summed E-state index contributed by atoms with van der Waals surface area (Å²) in [7, 11) is 0. The third kappa shape index (κ3) is 4.63. The van der Waals surface area contributed by atoms with E-state index in [2.05, 4.69) is 209 Å². The van der Waals surface area contributed by atoms with Gasteiger partial charge in [0, 0.05) is 27.3 Å². The van der Waals surface area contributed by atoms with Crippen LogP contribution < -0.4 is 4.90 Å². The molecule has 0 radical (unpaired) electrons. The van der Waals surface area contributed by atoms with Crippen molar-refractivity contribution in [3.05, 3.63) is 198 Å². The summed E-state index contributed by atoms with van der Waals surface area (Å²) in [5.74, 6) is 0. The third-order valence-corrected chi connectivity index (χ3v) is 12.1. The van der Waals surface area contributed by atoms with Gasteiger partial charge < -0.3 is 4.90 Å². The highest BCUT2D eigenvalue weighted by Gasteiger charge is 2.38. The van der Waals surface area contributed by atoms with E-state index in [1.807, 2.05) is 0 Å². The molecule has 0 amide bonds. The quantitative estimate of drug-likeness (QED) is 0.175. The lowest BCUT2D eigenvalue weighted by molar-refractivity contribution is 0.660. The first-order chi connectivity index (χ1) is 25.8. The molecule has 0 heterocycles. The van der Waals surface area contributed by atoms with E-state index in [1.165, 1.54) is 77.5 Å². The van der Waals surface area contributed by atoms with E-state index in [4.69, 9.17) is 0 Å². The van der Waals surface area contributed by atoms with Gasteiger partial charge in [0.05, 0.1) is 17.1 Å². The van der Waals surface area contributed by atoms with Crippen LogP contribution >= 0.6 is 0 Å². The fraction of sp³-hybridized carbons (Fsp3) is 0.115. The smallest absolute Gasteiger partial charge is 0.0540 e. The van der Waals surface area contributed by atoms with E-state index in [0.29, 0.717) is 0 Å². The van der Waals surface area contributed by atoms with Crippen molar-refractivity contribution in [3.8, 4) is 44.5 Å². The average Bonchev–Trinajstić information content (AvgIpc) is 3.58. The first-order valence-corrected chi connectivity index (χ1v) is 18.8. The summed E-state index contributed by atoms with van der Waals surface area (Å²) < 4.78 is 0. The van der Waals surface area contributed by atoms with Crippen LogP contribution in [0.5, 0.6) is 0 Å². The molecule has 1 nitrogen and oxygen atoms in total. The van der Waals surface area contributed by atoms with Crippen molar-refractivity contribution in [3.63, 3.8) is 0 Å². The van der Waals surface area contributed by atoms with E-state index in [9.17, 15) is 0 Å². The van der Waals surface area contributed by atoms with Crippen LogP contribution in [0.2, 0.25) is 0 Å². The van der Waals surface area contributed by atoms with Crippen LogP contribution in [0, 0.1) is 0 Å². The molecule has 1 heteroatoms. The second-order valence-corrected chi connectivity index (χ2v) is 15.7. The highest BCUT2D eigenvalue weighted by Crippen LogP contribution is 2.55. The zero-order chi connectivity index (χ0) is 35.9. The third-order valence-electron chi connectivity index (χ3n) is 12.1. The van der Waals surface area contributed by atoms with Gasteiger partial charge in [-0.15, -0.1) is 0 Å². The summed E-state index contributed by atoms with van der Waals surface area (Å²) in [5, 5.41) is 2.44. The summed E-state index contributed by atoms with van der Waals surface area (Å²) >= 11 is 0. The van der Waals surface area contributed by atoms with Gasteiger partial charge in [-0.25, -0.2) is 0 Å². The summed E-state index contributed by atoms with van der Waals surface area (Å²) in [5.41, 5.74) is 19.1. The summed E-state index contributed by atoms with van der Waals surface area (Å²) in [6, 6.07) is 65.3. The molecule has 0 atom stereocenters. The topological polar surface area (TPSA) is 3.24 Å². The Labute approximate surface area is 312 Å². The molecule has 0 aliphatic heterocycles. The standard InChI is InChI=1S/C52H41N/c1-51(2)44-26-11-7-21-38(44)40-32-31-35(33-46(40)51)37-20-9-13-28-47(37)53(48-30-15-18-34-17-5-6-19-36(34)48)49-29-14-10-23-41(49)43-25-16-24-42-39-22-8-12-27-45(39)52(3,4)50(42)43/h5-33H,1-4H3. The van der Waals surface area contributed by atoms with Gasteiger partial charge in [0.15, 0.2) is 0 Å². The molecule has 0 saturated heterocycles. The maximum atomic E-state index is 2.52. The molecule has 53 heavy (non-hydrogen) atoms. The Balaban J connectivity index is 1.23. The van der Waals surface area contributed by atoms with Gasteiger partial charge >= 0.3 is 0 Å². The van der Waals surface area contributed by atoms with Gasteiger partial charge in [0.25, 0.3) is 0 Å². The highest BCUT2D eigenvalue weighted by atomic mass is 15.1. The van der Waals surface area contributed by atoms with Gasteiger partial charge in [0.2, 0.25) is 0 Å². The van der Waals surface area contributed by atoms with E-state index in [1.54, 1.807) is 0 Å². The largest absolute Gasteiger partial charge is 0.309 e. The molecule has 254 valence electrons. The lowest BCUT2D eigenvalue weighted by Gasteiger charge is -2.32. The molecule has 0 N–H and O–H groups in total. The second kappa shape index (κ2) is 11.7. The number of benzene rings is 8. The average molecular weight is 680 g/mol. The highest BCUT2D eigenvalue weighted by molar-refractivity contribution is 6.04. The van der Waals surface area contributed by atoms with Crippen molar-refractivity contribution in [2.75, 3.05) is 4.90 Å². The summed E-state index contributed by atoms with van der Waals surface area (Å²) in [4.78, 5) is 2.52. The molecule has 0 fully saturated rings. The van der Waals surface area contributed by atoms with E-state index in [-0.39, 0.29) is 10.8 Å². The van der Waals surface area contributed by atoms with Crippen molar-refractivity contribution in [1.82, 2.24) is 0 Å². The van der Waals surface area contributed by atoms with Gasteiger partial charge in [-0.05, 0) is 85.3 Å². The molecule has 8 aromatic carbocycles. The number of para-hydroxylation sites is 2. The number of hydrogen-bond acceptors (Lipinski definition) is 1. The molecular formula is C52H41N. The van der Waals surface area contributed by atoms with Crippen molar-refractivity contribution >= 4 is 27.8 Å². The van der Waals surface area contributed by atoms with E-state index < -0.39 is 0 Å². The fourth-order valence-electron chi connectivity index (χ4n) is 9.55. The normalized spacial score (nSPS) is 14.3. The van der Waals surface area contributed by atoms with Crippen LogP contribution in [0.25, 0.3) is 55.3 Å². The predicted octanol–water partition coefficient (Wildman–Crippen LogP) is 14.3. The van der Waals surface area contributed by atoms with Crippen LogP contribution in [0.3, 0.4) is 0 Å². The van der Waals surface area contributed by atoms with Gasteiger partial charge in [-0.2, -0.15) is 0 Å². The molecule has 10 rings (SSSR count). The number of nitrogens with zero attached hydrogens (tertiary/aromatic N) is 1. The predicted molar refractivity (Wildman–Crippen MR) is 225 cm³/mol. The molecule has 2 aliphatic carbocycles. The Morgan fingerprint density at radius 2 is 0.811 bits per heavy atom. The fourth-order valence-corrected chi connectivity index (χ4v) is 9.55. The molecule has 2 aliphatic rings. The summed E-state index contributed by atoms with van der Waals surface area (Å²) in [6.45, 7) is 9.50. The Kier molecular flexibility index (Phi) is 6.94. The maximum Gasteiger partial charge on any atom is 0.0540 e. The Morgan fingerprint density at radius 3 is 1.57 bits per heavy atom. The molecule has 8 aromatic rings. The number of fused-ring (bicyclic) bond motifs is 7. The Morgan fingerprint density at radius 1 is 0.340 bits per heavy atom. The first kappa shape index (κ1) is 31.5. The minimum absolute atomic E-state index is 0.0864. The van der Waals surface area contributed by atoms with E-state index in [0.717, 1.165) is 17.1 Å². The maximum absolute atomic E-state index is 2.52. The molecular weight excluding hydrogens is 639 g/mol. The Hall–Kier alpha value is -6.18. The minimum atomic E-state index is -0.146. The van der Waals surface area contributed by atoms with Crippen LogP contribution in [0.15, 0.2) is 176 Å². The van der Waals surface area contributed by atoms with Crippen molar-refractivity contribution in [2.45, 2.75) is 38.5 Å². The SMILES string of the molecule is CC1(C)c2ccccc2-c2ccc(-c3ccccc3N(c3ccccc3-c3cccc4c3C(C)(C)c3ccccc3-4)c3cccc4ccccc34)cc21. The zero-order valence-electron chi connectivity index (χ0n) is 30.7. The minimum Gasteiger partial charge on any atom is -0.309 e. The molecule has 0 bridgehead atoms. The van der Waals surface area contributed by atoms with Crippen molar-refractivity contribution in [2.24, 2.45) is 0 Å². The van der Waals surface area contributed by atoms with Crippen LogP contribution in [0.1, 0.15) is 49.9 Å². The monoisotopic (exact) mass is 679 g/mol. The number of anilines is 3. The molecule has 0 saturated carbocycles. The van der Waals surface area contributed by atoms with Crippen LogP contribution in [-0.2, 0) is 10.8 Å². The van der Waals surface area contributed by atoms with Gasteiger partial charge in [-0.3, -0.25) is 0 Å². The number of hydrogen-bond donors (Lipinski definition) is 0. The molecule has 0 aromatic heterocycles. The number of rotatable bonds is 5. The lowest BCUT2D eigenvalue weighted by atomic mass is 9.78. The lowest BCUT2D eigenvalue weighted by Crippen LogP contribution is -2.17. The molecule has 0 unspecified atom stereocenters.